The van der Waals surface area contributed by atoms with Gasteiger partial charge < -0.3 is 0 Å². The van der Waals surface area contributed by atoms with E-state index in [4.69, 9.17) is 5.84 Å². The number of benzene rings is 1. The predicted octanol–water partition coefficient (Wildman–Crippen LogP) is 2.81. The molecule has 0 saturated heterocycles. The number of hydrogen-bond donors (Lipinski definition) is 1. The Morgan fingerprint density at radius 1 is 1.21 bits per heavy atom. The maximum absolute atomic E-state index is 12.9. The molecule has 0 unspecified atom stereocenters. The number of nitrogens with zero attached hydrogens (tertiary/aromatic N) is 3. The van der Waals surface area contributed by atoms with E-state index in [-0.39, 0.29) is 5.82 Å². The van der Waals surface area contributed by atoms with Crippen LogP contribution in [0.1, 0.15) is 30.1 Å². The van der Waals surface area contributed by atoms with Gasteiger partial charge in [-0.1, -0.05) is 0 Å². The topological polar surface area (TPSA) is 55.0 Å². The molecule has 98 valence electrons. The minimum Gasteiger partial charge on any atom is -0.246 e. The molecule has 1 saturated carbocycles. The van der Waals surface area contributed by atoms with Gasteiger partial charge >= 0.3 is 0 Å². The Hall–Kier alpha value is -2.01. The van der Waals surface area contributed by atoms with E-state index in [9.17, 15) is 4.39 Å². The van der Waals surface area contributed by atoms with Gasteiger partial charge in [-0.15, -0.1) is 0 Å². The van der Waals surface area contributed by atoms with Crippen molar-refractivity contribution in [3.05, 3.63) is 47.5 Å². The van der Waals surface area contributed by atoms with E-state index in [1.807, 2.05) is 13.0 Å². The van der Waals surface area contributed by atoms with Crippen LogP contribution in [0.5, 0.6) is 0 Å². The summed E-state index contributed by atoms with van der Waals surface area (Å²) in [5.74, 6) is 6.72. The average Bonchev–Trinajstić information content (AvgIpc) is 3.22. The van der Waals surface area contributed by atoms with Crippen molar-refractivity contribution in [3.8, 4) is 0 Å². The first-order chi connectivity index (χ1) is 9.13. The Kier molecular flexibility index (Phi) is 2.91. The van der Waals surface area contributed by atoms with Gasteiger partial charge in [-0.25, -0.2) is 25.2 Å². The fraction of sp³-hybridized carbons (Fsp3) is 0.286. The van der Waals surface area contributed by atoms with Crippen LogP contribution in [0.25, 0.3) is 0 Å². The van der Waals surface area contributed by atoms with Gasteiger partial charge in [-0.3, -0.25) is 0 Å². The average molecular weight is 258 g/mol. The molecule has 3 rings (SSSR count). The Balaban J connectivity index is 1.94. The lowest BCUT2D eigenvalue weighted by molar-refractivity contribution is 0.627. The van der Waals surface area contributed by atoms with Crippen molar-refractivity contribution in [2.45, 2.75) is 25.7 Å². The number of anilines is 2. The molecule has 0 aliphatic heterocycles. The maximum atomic E-state index is 12.9. The summed E-state index contributed by atoms with van der Waals surface area (Å²) in [5, 5.41) is 1.39. The highest BCUT2D eigenvalue weighted by Crippen LogP contribution is 2.39. The highest BCUT2D eigenvalue weighted by molar-refractivity contribution is 5.55. The summed E-state index contributed by atoms with van der Waals surface area (Å²) in [6.07, 6.45) is 2.36. The molecule has 4 nitrogen and oxygen atoms in total. The van der Waals surface area contributed by atoms with Crippen LogP contribution in [0.4, 0.5) is 16.0 Å². The zero-order valence-electron chi connectivity index (χ0n) is 10.7. The first kappa shape index (κ1) is 12.0. The number of aromatic nitrogens is 2. The SMILES string of the molecule is Cc1cc(C2CC2)nc(N(N)c2ccc(F)cc2)n1. The minimum absolute atomic E-state index is 0.291. The van der Waals surface area contributed by atoms with Crippen LogP contribution in [0.3, 0.4) is 0 Å². The third kappa shape index (κ3) is 2.56. The van der Waals surface area contributed by atoms with Crippen LogP contribution >= 0.6 is 0 Å². The number of nitrogens with two attached hydrogens (primary N) is 1. The van der Waals surface area contributed by atoms with E-state index < -0.39 is 0 Å². The molecule has 0 amide bonds. The summed E-state index contributed by atoms with van der Waals surface area (Å²) < 4.78 is 12.9. The second-order valence-electron chi connectivity index (χ2n) is 4.85. The third-order valence-electron chi connectivity index (χ3n) is 3.18. The number of rotatable bonds is 3. The molecule has 1 aromatic carbocycles. The lowest BCUT2D eigenvalue weighted by Gasteiger charge is -2.17. The molecule has 1 fully saturated rings. The van der Waals surface area contributed by atoms with E-state index in [1.165, 1.54) is 30.0 Å². The monoisotopic (exact) mass is 258 g/mol. The lowest BCUT2D eigenvalue weighted by Crippen LogP contribution is -2.27. The Bertz CT molecular complexity index is 593. The summed E-state index contributed by atoms with van der Waals surface area (Å²) in [6.45, 7) is 1.93. The second-order valence-corrected chi connectivity index (χ2v) is 4.85. The highest BCUT2D eigenvalue weighted by atomic mass is 19.1. The second kappa shape index (κ2) is 4.59. The van der Waals surface area contributed by atoms with E-state index >= 15 is 0 Å². The minimum atomic E-state index is -0.291. The molecule has 2 aromatic rings. The van der Waals surface area contributed by atoms with Crippen molar-refractivity contribution in [2.24, 2.45) is 5.84 Å². The summed E-state index contributed by atoms with van der Waals surface area (Å²) in [6, 6.07) is 7.95. The summed E-state index contributed by atoms with van der Waals surface area (Å²) in [7, 11) is 0. The van der Waals surface area contributed by atoms with E-state index in [0.717, 1.165) is 11.4 Å². The van der Waals surface area contributed by atoms with Crippen LogP contribution in [0, 0.1) is 12.7 Å². The van der Waals surface area contributed by atoms with Crippen LogP contribution in [0.2, 0.25) is 0 Å². The predicted molar refractivity (Wildman–Crippen MR) is 71.5 cm³/mol. The zero-order valence-corrected chi connectivity index (χ0v) is 10.7. The van der Waals surface area contributed by atoms with Crippen molar-refractivity contribution in [1.82, 2.24) is 9.97 Å². The van der Waals surface area contributed by atoms with Crippen molar-refractivity contribution in [2.75, 3.05) is 5.01 Å². The molecule has 0 spiro atoms. The molecule has 1 aromatic heterocycles. The van der Waals surface area contributed by atoms with E-state index in [1.54, 1.807) is 12.1 Å². The molecular weight excluding hydrogens is 243 g/mol. The number of hydrogen-bond acceptors (Lipinski definition) is 4. The Labute approximate surface area is 111 Å². The molecule has 0 atom stereocenters. The van der Waals surface area contributed by atoms with Gasteiger partial charge in [0.05, 0.1) is 5.69 Å². The first-order valence-electron chi connectivity index (χ1n) is 6.29. The lowest BCUT2D eigenvalue weighted by atomic mass is 10.2. The van der Waals surface area contributed by atoms with E-state index in [0.29, 0.717) is 17.6 Å². The van der Waals surface area contributed by atoms with Crippen molar-refractivity contribution in [3.63, 3.8) is 0 Å². The standard InChI is InChI=1S/C14H15FN4/c1-9-8-13(10-2-3-10)18-14(17-9)19(16)12-6-4-11(15)5-7-12/h4-8,10H,2-3,16H2,1H3. The molecule has 1 heterocycles. The van der Waals surface area contributed by atoms with Gasteiger partial charge in [0.2, 0.25) is 5.95 Å². The van der Waals surface area contributed by atoms with Crippen LogP contribution in [0.15, 0.2) is 30.3 Å². The smallest absolute Gasteiger partial charge is 0.245 e. The summed E-state index contributed by atoms with van der Waals surface area (Å²) in [4.78, 5) is 8.83. The first-order valence-corrected chi connectivity index (χ1v) is 6.29. The van der Waals surface area contributed by atoms with Gasteiger partial charge in [-0.05, 0) is 50.1 Å². The number of aryl methyl sites for hydroxylation is 1. The Morgan fingerprint density at radius 3 is 2.53 bits per heavy atom. The van der Waals surface area contributed by atoms with E-state index in [2.05, 4.69) is 9.97 Å². The quantitative estimate of drug-likeness (QED) is 0.679. The van der Waals surface area contributed by atoms with Gasteiger partial charge in [-0.2, -0.15) is 0 Å². The molecule has 1 aliphatic rings. The molecule has 2 N–H and O–H groups in total. The van der Waals surface area contributed by atoms with Gasteiger partial charge in [0.15, 0.2) is 0 Å². The zero-order chi connectivity index (χ0) is 13.4. The van der Waals surface area contributed by atoms with Crippen LogP contribution in [-0.4, -0.2) is 9.97 Å². The fourth-order valence-corrected chi connectivity index (χ4v) is 1.99. The van der Waals surface area contributed by atoms with Crippen LogP contribution < -0.4 is 10.9 Å². The summed E-state index contributed by atoms with van der Waals surface area (Å²) >= 11 is 0. The molecular formula is C14H15FN4. The number of hydrazine groups is 1. The molecule has 19 heavy (non-hydrogen) atoms. The largest absolute Gasteiger partial charge is 0.246 e. The van der Waals surface area contributed by atoms with Crippen molar-refractivity contribution in [1.29, 1.82) is 0 Å². The van der Waals surface area contributed by atoms with Crippen molar-refractivity contribution < 1.29 is 4.39 Å². The van der Waals surface area contributed by atoms with Crippen molar-refractivity contribution >= 4 is 11.6 Å². The summed E-state index contributed by atoms with van der Waals surface area (Å²) in [5.41, 5.74) is 2.60. The van der Waals surface area contributed by atoms with Gasteiger partial charge in [0.25, 0.3) is 0 Å². The maximum Gasteiger partial charge on any atom is 0.245 e. The van der Waals surface area contributed by atoms with Crippen LogP contribution in [-0.2, 0) is 0 Å². The Morgan fingerprint density at radius 2 is 1.89 bits per heavy atom. The third-order valence-corrected chi connectivity index (χ3v) is 3.18. The fourth-order valence-electron chi connectivity index (χ4n) is 1.99. The molecule has 5 heteroatoms. The molecule has 0 radical (unpaired) electrons. The van der Waals surface area contributed by atoms with Gasteiger partial charge in [0.1, 0.15) is 5.82 Å². The normalized spacial score (nSPS) is 14.5. The van der Waals surface area contributed by atoms with Gasteiger partial charge in [0, 0.05) is 17.3 Å². The molecule has 1 aliphatic carbocycles. The molecule has 0 bridgehead atoms. The highest BCUT2D eigenvalue weighted by Gasteiger charge is 2.26. The number of halogens is 1.